The molecule has 1 heterocycles. The number of nitrogens with zero attached hydrogens (tertiary/aromatic N) is 2. The summed E-state index contributed by atoms with van der Waals surface area (Å²) in [6.07, 6.45) is 10.6. The molecular weight excluding hydrogens is 348 g/mol. The van der Waals surface area contributed by atoms with Crippen molar-refractivity contribution in [2.24, 2.45) is 5.92 Å². The summed E-state index contributed by atoms with van der Waals surface area (Å²) in [5, 5.41) is 6.08. The second kappa shape index (κ2) is 10.8. The van der Waals surface area contributed by atoms with Crippen LogP contribution in [0.5, 0.6) is 0 Å². The molecule has 1 aromatic carbocycles. The highest BCUT2D eigenvalue weighted by Gasteiger charge is 2.27. The smallest absolute Gasteiger partial charge is 0.319 e. The summed E-state index contributed by atoms with van der Waals surface area (Å²) in [4.78, 5) is 17.4. The number of hydrogen-bond donors (Lipinski definition) is 2. The van der Waals surface area contributed by atoms with Crippen LogP contribution in [-0.4, -0.2) is 61.6 Å². The second-order valence-electron chi connectivity index (χ2n) is 8.81. The Labute approximate surface area is 170 Å². The van der Waals surface area contributed by atoms with Crippen LogP contribution in [0.2, 0.25) is 0 Å². The largest absolute Gasteiger partial charge is 0.336 e. The lowest BCUT2D eigenvalue weighted by molar-refractivity contribution is 0.146. The van der Waals surface area contributed by atoms with Crippen LogP contribution in [0, 0.1) is 5.92 Å². The lowest BCUT2D eigenvalue weighted by atomic mass is 9.84. The number of likely N-dealkylation sites (N-methyl/N-ethyl adjacent to an activating group) is 2. The quantitative estimate of drug-likeness (QED) is 0.705. The van der Waals surface area contributed by atoms with Crippen LogP contribution >= 0.6 is 0 Å². The van der Waals surface area contributed by atoms with E-state index in [1.165, 1.54) is 57.9 Å². The standard InChI is InChI=1S/C23H38N4O/c1-26-15-9-14-21(26)18-27(2)22(16-19-10-5-3-6-11-19)17-24-23(28)25-20-12-7-4-8-13-20/h4,7-8,12-13,19,21-22H,3,5-6,9-11,14-18H2,1-2H3,(H2,24,25,28)/t21-,22-/m1/s1. The molecule has 1 saturated heterocycles. The van der Waals surface area contributed by atoms with Crippen LogP contribution in [0.4, 0.5) is 10.5 Å². The summed E-state index contributed by atoms with van der Waals surface area (Å²) >= 11 is 0. The maximum absolute atomic E-state index is 12.4. The van der Waals surface area contributed by atoms with Crippen molar-refractivity contribution in [3.8, 4) is 0 Å². The van der Waals surface area contributed by atoms with Gasteiger partial charge in [0.1, 0.15) is 0 Å². The van der Waals surface area contributed by atoms with Crippen LogP contribution in [0.25, 0.3) is 0 Å². The van der Waals surface area contributed by atoms with Crippen LogP contribution in [0.1, 0.15) is 51.4 Å². The van der Waals surface area contributed by atoms with Crippen LogP contribution in [0.15, 0.2) is 30.3 Å². The van der Waals surface area contributed by atoms with E-state index in [0.29, 0.717) is 18.6 Å². The Hall–Kier alpha value is -1.59. The van der Waals surface area contributed by atoms with E-state index in [2.05, 4.69) is 34.5 Å². The van der Waals surface area contributed by atoms with Crippen molar-refractivity contribution >= 4 is 11.7 Å². The second-order valence-corrected chi connectivity index (χ2v) is 8.81. The summed E-state index contributed by atoms with van der Waals surface area (Å²) in [5.74, 6) is 0.807. The molecule has 2 atom stereocenters. The summed E-state index contributed by atoms with van der Waals surface area (Å²) in [5.41, 5.74) is 0.838. The van der Waals surface area contributed by atoms with E-state index < -0.39 is 0 Å². The van der Waals surface area contributed by atoms with Gasteiger partial charge < -0.3 is 20.4 Å². The lowest BCUT2D eigenvalue weighted by Gasteiger charge is -2.35. The third kappa shape index (κ3) is 6.49. The molecule has 2 aliphatic rings. The molecule has 0 radical (unpaired) electrons. The summed E-state index contributed by atoms with van der Waals surface area (Å²) in [6, 6.07) is 10.6. The average molecular weight is 387 g/mol. The average Bonchev–Trinajstić information content (AvgIpc) is 3.11. The first-order valence-electron chi connectivity index (χ1n) is 11.1. The Bertz CT molecular complexity index is 588. The fourth-order valence-electron chi connectivity index (χ4n) is 4.83. The minimum Gasteiger partial charge on any atom is -0.336 e. The maximum Gasteiger partial charge on any atom is 0.319 e. The highest BCUT2D eigenvalue weighted by atomic mass is 16.2. The van der Waals surface area contributed by atoms with Crippen molar-refractivity contribution in [3.63, 3.8) is 0 Å². The van der Waals surface area contributed by atoms with Gasteiger partial charge in [0.05, 0.1) is 0 Å². The van der Waals surface area contributed by atoms with Crippen LogP contribution in [0.3, 0.4) is 0 Å². The molecule has 2 N–H and O–H groups in total. The molecule has 0 unspecified atom stereocenters. The molecule has 5 nitrogen and oxygen atoms in total. The Morgan fingerprint density at radius 2 is 1.89 bits per heavy atom. The van der Waals surface area contributed by atoms with Crippen molar-refractivity contribution in [1.29, 1.82) is 0 Å². The lowest BCUT2D eigenvalue weighted by Crippen LogP contribution is -2.48. The van der Waals surface area contributed by atoms with Gasteiger partial charge in [0, 0.05) is 30.9 Å². The van der Waals surface area contributed by atoms with Gasteiger partial charge in [0.15, 0.2) is 0 Å². The van der Waals surface area contributed by atoms with E-state index in [0.717, 1.165) is 18.2 Å². The van der Waals surface area contributed by atoms with Crippen molar-refractivity contribution < 1.29 is 4.79 Å². The molecule has 156 valence electrons. The van der Waals surface area contributed by atoms with Gasteiger partial charge in [-0.15, -0.1) is 0 Å². The normalized spacial score (nSPS) is 22.3. The maximum atomic E-state index is 12.4. The van der Waals surface area contributed by atoms with Crippen LogP contribution < -0.4 is 10.6 Å². The third-order valence-corrected chi connectivity index (χ3v) is 6.65. The number of hydrogen-bond acceptors (Lipinski definition) is 3. The third-order valence-electron chi connectivity index (χ3n) is 6.65. The highest BCUT2D eigenvalue weighted by Crippen LogP contribution is 2.28. The Kier molecular flexibility index (Phi) is 8.16. The Morgan fingerprint density at radius 3 is 2.57 bits per heavy atom. The highest BCUT2D eigenvalue weighted by molar-refractivity contribution is 5.89. The molecule has 2 amide bonds. The molecular formula is C23H38N4O. The van der Waals surface area contributed by atoms with Gasteiger partial charge in [-0.3, -0.25) is 0 Å². The number of anilines is 1. The minimum absolute atomic E-state index is 0.105. The molecule has 5 heteroatoms. The molecule has 1 aliphatic heterocycles. The molecule has 2 fully saturated rings. The van der Waals surface area contributed by atoms with Gasteiger partial charge >= 0.3 is 6.03 Å². The first kappa shape index (κ1) is 21.1. The minimum atomic E-state index is -0.105. The predicted molar refractivity (Wildman–Crippen MR) is 117 cm³/mol. The first-order valence-corrected chi connectivity index (χ1v) is 11.1. The van der Waals surface area contributed by atoms with Crippen molar-refractivity contribution in [3.05, 3.63) is 30.3 Å². The zero-order valence-corrected chi connectivity index (χ0v) is 17.7. The van der Waals surface area contributed by atoms with E-state index in [1.807, 2.05) is 30.3 Å². The molecule has 1 aliphatic carbocycles. The summed E-state index contributed by atoms with van der Waals surface area (Å²) < 4.78 is 0. The molecule has 0 bridgehead atoms. The number of benzene rings is 1. The number of likely N-dealkylation sites (tertiary alicyclic amines) is 1. The molecule has 28 heavy (non-hydrogen) atoms. The summed E-state index contributed by atoms with van der Waals surface area (Å²) in [6.45, 7) is 3.02. The SMILES string of the molecule is CN1CCC[C@@H]1CN(C)[C@@H](CNC(=O)Nc1ccccc1)CC1CCCCC1. The van der Waals surface area contributed by atoms with Gasteiger partial charge in [-0.1, -0.05) is 50.3 Å². The number of carbonyl (C=O) groups is 1. The molecule has 1 aromatic rings. The van der Waals surface area contributed by atoms with E-state index in [1.54, 1.807) is 0 Å². The molecule has 0 aromatic heterocycles. The van der Waals surface area contributed by atoms with Gasteiger partial charge in [-0.2, -0.15) is 0 Å². The van der Waals surface area contributed by atoms with Gasteiger partial charge in [0.25, 0.3) is 0 Å². The number of para-hydroxylation sites is 1. The monoisotopic (exact) mass is 386 g/mol. The molecule has 1 saturated carbocycles. The number of nitrogens with one attached hydrogen (secondary N) is 2. The fraction of sp³-hybridized carbons (Fsp3) is 0.696. The van der Waals surface area contributed by atoms with Crippen molar-refractivity contribution in [2.45, 2.75) is 63.5 Å². The fourth-order valence-corrected chi connectivity index (χ4v) is 4.83. The van der Waals surface area contributed by atoms with E-state index >= 15 is 0 Å². The number of carbonyl (C=O) groups excluding carboxylic acids is 1. The van der Waals surface area contributed by atoms with Gasteiger partial charge in [-0.25, -0.2) is 4.79 Å². The van der Waals surface area contributed by atoms with E-state index in [-0.39, 0.29) is 6.03 Å². The number of amides is 2. The van der Waals surface area contributed by atoms with E-state index in [9.17, 15) is 4.79 Å². The van der Waals surface area contributed by atoms with Gasteiger partial charge in [-0.05, 0) is 58.0 Å². The number of rotatable bonds is 8. The topological polar surface area (TPSA) is 47.6 Å². The molecule has 0 spiro atoms. The van der Waals surface area contributed by atoms with E-state index in [4.69, 9.17) is 0 Å². The number of urea groups is 1. The Balaban J connectivity index is 1.54. The zero-order chi connectivity index (χ0) is 19.8. The van der Waals surface area contributed by atoms with Crippen molar-refractivity contribution in [1.82, 2.24) is 15.1 Å². The van der Waals surface area contributed by atoms with Gasteiger partial charge in [0.2, 0.25) is 0 Å². The van der Waals surface area contributed by atoms with Crippen LogP contribution in [-0.2, 0) is 0 Å². The first-order chi connectivity index (χ1) is 13.6. The molecule has 3 rings (SSSR count). The summed E-state index contributed by atoms with van der Waals surface area (Å²) in [7, 11) is 4.49. The van der Waals surface area contributed by atoms with Crippen molar-refractivity contribution in [2.75, 3.05) is 39.0 Å². The Morgan fingerprint density at radius 1 is 1.14 bits per heavy atom. The zero-order valence-electron chi connectivity index (χ0n) is 17.7. The predicted octanol–water partition coefficient (Wildman–Crippen LogP) is 4.17.